The van der Waals surface area contributed by atoms with E-state index in [0.717, 1.165) is 24.6 Å². The summed E-state index contributed by atoms with van der Waals surface area (Å²) in [5.74, 6) is 2.57. The molecule has 0 fully saturated rings. The van der Waals surface area contributed by atoms with Crippen molar-refractivity contribution in [3.05, 3.63) is 12.4 Å². The number of rotatable bonds is 7. The summed E-state index contributed by atoms with van der Waals surface area (Å²) in [5, 5.41) is 0. The first-order chi connectivity index (χ1) is 8.95. The van der Waals surface area contributed by atoms with Crippen molar-refractivity contribution in [1.29, 1.82) is 0 Å². The monoisotopic (exact) mass is 265 g/mol. The third-order valence-electron chi connectivity index (χ3n) is 3.43. The van der Waals surface area contributed by atoms with Crippen LogP contribution in [0.5, 0.6) is 0 Å². The van der Waals surface area contributed by atoms with Crippen molar-refractivity contribution in [3.63, 3.8) is 0 Å². The van der Waals surface area contributed by atoms with Crippen LogP contribution >= 0.6 is 0 Å². The highest BCUT2D eigenvalue weighted by Crippen LogP contribution is 2.17. The molecule has 1 heterocycles. The van der Waals surface area contributed by atoms with Gasteiger partial charge in [0.2, 0.25) is 0 Å². The van der Waals surface area contributed by atoms with E-state index < -0.39 is 0 Å². The topological polar surface area (TPSA) is 58.3 Å². The molecule has 0 saturated carbocycles. The number of hydrogen-bond donors (Lipinski definition) is 1. The van der Waals surface area contributed by atoms with E-state index in [-0.39, 0.29) is 6.04 Å². The van der Waals surface area contributed by atoms with E-state index in [2.05, 4.69) is 47.6 Å². The Hall–Kier alpha value is -1.36. The van der Waals surface area contributed by atoms with Crippen LogP contribution in [0.3, 0.4) is 0 Å². The molecule has 1 unspecified atom stereocenters. The molecular formula is C14H27N5. The Kier molecular flexibility index (Phi) is 6.02. The second kappa shape index (κ2) is 7.28. The Morgan fingerprint density at radius 1 is 1.16 bits per heavy atom. The van der Waals surface area contributed by atoms with Gasteiger partial charge in [-0.1, -0.05) is 13.8 Å². The van der Waals surface area contributed by atoms with Crippen LogP contribution in [0.1, 0.15) is 27.2 Å². The van der Waals surface area contributed by atoms with Gasteiger partial charge in [0.05, 0.1) is 0 Å². The zero-order valence-corrected chi connectivity index (χ0v) is 12.8. The Morgan fingerprint density at radius 3 is 2.37 bits per heavy atom. The first kappa shape index (κ1) is 15.7. The summed E-state index contributed by atoms with van der Waals surface area (Å²) in [7, 11) is 4.08. The fraction of sp³-hybridized carbons (Fsp3) is 0.714. The summed E-state index contributed by atoms with van der Waals surface area (Å²) in [4.78, 5) is 12.9. The average Bonchev–Trinajstić information content (AvgIpc) is 2.43. The zero-order chi connectivity index (χ0) is 14.4. The first-order valence-electron chi connectivity index (χ1n) is 6.91. The van der Waals surface area contributed by atoms with E-state index in [1.807, 2.05) is 13.1 Å². The molecule has 19 heavy (non-hydrogen) atoms. The van der Waals surface area contributed by atoms with Crippen molar-refractivity contribution < 1.29 is 0 Å². The Balaban J connectivity index is 2.76. The van der Waals surface area contributed by atoms with Crippen molar-refractivity contribution in [2.75, 3.05) is 37.0 Å². The highest BCUT2D eigenvalue weighted by atomic mass is 15.2. The minimum atomic E-state index is 0.267. The maximum Gasteiger partial charge on any atom is 0.134 e. The van der Waals surface area contributed by atoms with Gasteiger partial charge in [-0.25, -0.2) is 9.97 Å². The molecule has 1 aromatic heterocycles. The van der Waals surface area contributed by atoms with Gasteiger partial charge in [0.25, 0.3) is 0 Å². The molecule has 0 aliphatic carbocycles. The van der Waals surface area contributed by atoms with Gasteiger partial charge in [-0.3, -0.25) is 0 Å². The molecule has 0 saturated heterocycles. The number of hydrogen-bond acceptors (Lipinski definition) is 5. The van der Waals surface area contributed by atoms with Crippen molar-refractivity contribution in [3.8, 4) is 0 Å². The minimum absolute atomic E-state index is 0.267. The Bertz CT molecular complexity index is 380. The molecule has 0 amide bonds. The lowest BCUT2D eigenvalue weighted by Gasteiger charge is -2.26. The van der Waals surface area contributed by atoms with Gasteiger partial charge in [-0.05, 0) is 19.3 Å². The molecule has 5 nitrogen and oxygen atoms in total. The lowest BCUT2D eigenvalue weighted by atomic mass is 10.1. The van der Waals surface area contributed by atoms with Crippen LogP contribution in [0.2, 0.25) is 0 Å². The van der Waals surface area contributed by atoms with Crippen LogP contribution in [0.25, 0.3) is 0 Å². The summed E-state index contributed by atoms with van der Waals surface area (Å²) in [5.41, 5.74) is 5.69. The molecule has 5 heteroatoms. The molecule has 0 spiro atoms. The van der Waals surface area contributed by atoms with Crippen LogP contribution in [-0.2, 0) is 0 Å². The first-order valence-corrected chi connectivity index (χ1v) is 6.91. The number of nitrogens with two attached hydrogens (primary N) is 1. The molecule has 0 radical (unpaired) electrons. The summed E-state index contributed by atoms with van der Waals surface area (Å²) in [6.45, 7) is 8.17. The van der Waals surface area contributed by atoms with Gasteiger partial charge >= 0.3 is 0 Å². The Morgan fingerprint density at radius 2 is 1.79 bits per heavy atom. The fourth-order valence-electron chi connectivity index (χ4n) is 1.69. The highest BCUT2D eigenvalue weighted by molar-refractivity contribution is 5.49. The molecule has 0 aliphatic rings. The molecule has 1 aromatic rings. The van der Waals surface area contributed by atoms with Crippen molar-refractivity contribution in [1.82, 2.24) is 9.97 Å². The van der Waals surface area contributed by atoms with Crippen LogP contribution in [0.15, 0.2) is 12.4 Å². The SMILES string of the molecule is CC(C)CCN(C)c1cc(N(C)C(C)CN)ncn1. The maximum atomic E-state index is 5.69. The van der Waals surface area contributed by atoms with E-state index in [4.69, 9.17) is 5.73 Å². The maximum absolute atomic E-state index is 5.69. The van der Waals surface area contributed by atoms with E-state index in [0.29, 0.717) is 12.5 Å². The van der Waals surface area contributed by atoms with Crippen molar-refractivity contribution in [2.24, 2.45) is 11.7 Å². The highest BCUT2D eigenvalue weighted by Gasteiger charge is 2.12. The smallest absolute Gasteiger partial charge is 0.134 e. The summed E-state index contributed by atoms with van der Waals surface area (Å²) in [6, 6.07) is 2.29. The molecular weight excluding hydrogens is 238 g/mol. The average molecular weight is 265 g/mol. The van der Waals surface area contributed by atoms with Crippen LogP contribution in [-0.4, -0.2) is 43.2 Å². The Labute approximate surface area is 116 Å². The van der Waals surface area contributed by atoms with E-state index >= 15 is 0 Å². The van der Waals surface area contributed by atoms with Crippen LogP contribution < -0.4 is 15.5 Å². The number of anilines is 2. The molecule has 0 bridgehead atoms. The van der Waals surface area contributed by atoms with Gasteiger partial charge < -0.3 is 15.5 Å². The normalized spacial score (nSPS) is 12.6. The summed E-state index contributed by atoms with van der Waals surface area (Å²) in [6.07, 6.45) is 2.78. The lowest BCUT2D eigenvalue weighted by Crippen LogP contribution is -2.36. The van der Waals surface area contributed by atoms with Gasteiger partial charge in [0.1, 0.15) is 18.0 Å². The van der Waals surface area contributed by atoms with Crippen LogP contribution in [0, 0.1) is 5.92 Å². The van der Waals surface area contributed by atoms with Gasteiger partial charge in [0.15, 0.2) is 0 Å². The molecule has 0 aliphatic heterocycles. The molecule has 0 aromatic carbocycles. The minimum Gasteiger partial charge on any atom is -0.360 e. The summed E-state index contributed by atoms with van der Waals surface area (Å²) < 4.78 is 0. The second-order valence-electron chi connectivity index (χ2n) is 5.53. The predicted molar refractivity (Wildman–Crippen MR) is 81.7 cm³/mol. The predicted octanol–water partition coefficient (Wildman–Crippen LogP) is 1.74. The van der Waals surface area contributed by atoms with Gasteiger partial charge in [-0.2, -0.15) is 0 Å². The fourth-order valence-corrected chi connectivity index (χ4v) is 1.69. The number of aromatic nitrogens is 2. The molecule has 1 rings (SSSR count). The van der Waals surface area contributed by atoms with E-state index in [1.54, 1.807) is 6.33 Å². The van der Waals surface area contributed by atoms with Gasteiger partial charge in [0, 0.05) is 39.3 Å². The van der Waals surface area contributed by atoms with E-state index in [1.165, 1.54) is 0 Å². The van der Waals surface area contributed by atoms with Crippen molar-refractivity contribution >= 4 is 11.6 Å². The van der Waals surface area contributed by atoms with Gasteiger partial charge in [-0.15, -0.1) is 0 Å². The van der Waals surface area contributed by atoms with E-state index in [9.17, 15) is 0 Å². The quantitative estimate of drug-likeness (QED) is 0.814. The van der Waals surface area contributed by atoms with Crippen molar-refractivity contribution in [2.45, 2.75) is 33.2 Å². The number of likely N-dealkylation sites (N-methyl/N-ethyl adjacent to an activating group) is 1. The number of nitrogens with zero attached hydrogens (tertiary/aromatic N) is 4. The zero-order valence-electron chi connectivity index (χ0n) is 12.8. The molecule has 2 N–H and O–H groups in total. The largest absolute Gasteiger partial charge is 0.360 e. The standard InChI is InChI=1S/C14H27N5/c1-11(2)6-7-18(4)13-8-14(17-10-16-13)19(5)12(3)9-15/h8,10-12H,6-7,9,15H2,1-5H3. The van der Waals surface area contributed by atoms with Crippen LogP contribution in [0.4, 0.5) is 11.6 Å². The summed E-state index contributed by atoms with van der Waals surface area (Å²) >= 11 is 0. The third-order valence-corrected chi connectivity index (χ3v) is 3.43. The third kappa shape index (κ3) is 4.67. The second-order valence-corrected chi connectivity index (χ2v) is 5.53. The molecule has 108 valence electrons. The molecule has 1 atom stereocenters. The lowest BCUT2D eigenvalue weighted by molar-refractivity contribution is 0.583.